The zero-order chi connectivity index (χ0) is 95.9. The molecular formula is C121H127N15O3S. The van der Waals surface area contributed by atoms with E-state index in [-0.39, 0.29) is 13.8 Å². The summed E-state index contributed by atoms with van der Waals surface area (Å²) < 4.78 is 8.08. The largest absolute Gasteiger partial charge is 0.481 e. The van der Waals surface area contributed by atoms with Gasteiger partial charge in [-0.05, 0) is 218 Å². The lowest BCUT2D eigenvalue weighted by atomic mass is 9.80. The van der Waals surface area contributed by atoms with Crippen LogP contribution in [0.25, 0.3) is 98.3 Å². The quantitative estimate of drug-likeness (QED) is 0.0939. The number of rotatable bonds is 5. The number of aliphatic carboxylic acids is 1. The first-order valence-corrected chi connectivity index (χ1v) is 48.4. The van der Waals surface area contributed by atoms with Gasteiger partial charge in [0.25, 0.3) is 0 Å². The highest BCUT2D eigenvalue weighted by atomic mass is 32.1. The highest BCUT2D eigenvalue weighted by Gasteiger charge is 2.26. The first kappa shape index (κ1) is 104. The van der Waals surface area contributed by atoms with Gasteiger partial charge in [-0.15, -0.1) is 16.4 Å². The van der Waals surface area contributed by atoms with E-state index in [0.29, 0.717) is 0 Å². The van der Waals surface area contributed by atoms with Crippen LogP contribution in [0.2, 0.25) is 0 Å². The van der Waals surface area contributed by atoms with Gasteiger partial charge in [0.05, 0.1) is 46.5 Å². The maximum atomic E-state index is 10.5. The molecule has 22 aromatic rings. The number of pyridine rings is 3. The molecule has 9 aromatic heterocycles. The third-order valence-corrected chi connectivity index (χ3v) is 23.2. The van der Waals surface area contributed by atoms with Crippen LogP contribution in [0.1, 0.15) is 94.9 Å². The molecular weight excluding hydrogens is 1740 g/mol. The van der Waals surface area contributed by atoms with Gasteiger partial charge in [0.1, 0.15) is 22.3 Å². The second kappa shape index (κ2) is 63.3. The molecule has 2 aliphatic heterocycles. The minimum Gasteiger partial charge on any atom is -0.481 e. The fraction of sp³-hybridized carbons (Fsp3) is 0.174. The number of carboxylic acid groups (broad SMARTS) is 1. The number of H-pyrrole nitrogens is 3. The van der Waals surface area contributed by atoms with E-state index >= 15 is 0 Å². The van der Waals surface area contributed by atoms with Crippen LogP contribution in [0, 0.1) is 5.92 Å². The van der Waals surface area contributed by atoms with Crippen molar-refractivity contribution in [3.05, 3.63) is 491 Å². The third kappa shape index (κ3) is 39.0. The molecule has 13 aromatic carbocycles. The van der Waals surface area contributed by atoms with E-state index in [1.807, 2.05) is 304 Å². The number of hydrogen-bond acceptors (Lipinski definition) is 14. The number of hydrogen-bond donors (Lipinski definition) is 6. The zero-order valence-corrected chi connectivity index (χ0v) is 79.7. The van der Waals surface area contributed by atoms with Crippen molar-refractivity contribution in [2.24, 2.45) is 13.0 Å². The van der Waals surface area contributed by atoms with Crippen LogP contribution < -0.4 is 10.6 Å². The van der Waals surface area contributed by atoms with Crippen LogP contribution in [0.4, 0.5) is 0 Å². The van der Waals surface area contributed by atoms with Crippen LogP contribution >= 0.6 is 11.3 Å². The Labute approximate surface area is 827 Å². The molecule has 2 unspecified atom stereocenters. The van der Waals surface area contributed by atoms with Gasteiger partial charge in [-0.2, -0.15) is 15.4 Å². The predicted octanol–water partition coefficient (Wildman–Crippen LogP) is 29.2. The van der Waals surface area contributed by atoms with Gasteiger partial charge < -0.3 is 30.1 Å². The number of carbonyl (C=O) groups is 1. The molecule has 18 nitrogen and oxygen atoms in total. The van der Waals surface area contributed by atoms with Crippen molar-refractivity contribution in [2.45, 2.75) is 103 Å². The number of thiazole rings is 1. The number of benzene rings is 13. The molecule has 2 saturated heterocycles. The molecule has 0 spiro atoms. The molecule has 6 N–H and O–H groups in total. The normalized spacial score (nSPS) is 13.0. The highest BCUT2D eigenvalue weighted by molar-refractivity contribution is 7.16. The van der Waals surface area contributed by atoms with Crippen LogP contribution in [-0.2, 0) is 31.1 Å². The fourth-order valence-electron chi connectivity index (χ4n) is 15.3. The van der Waals surface area contributed by atoms with E-state index < -0.39 is 5.97 Å². The van der Waals surface area contributed by atoms with Crippen molar-refractivity contribution in [2.75, 3.05) is 19.6 Å². The number of aromatic amines is 3. The summed E-state index contributed by atoms with van der Waals surface area (Å²) in [5.41, 5.74) is 18.5. The van der Waals surface area contributed by atoms with Crippen molar-refractivity contribution in [3.63, 3.8) is 0 Å². The molecule has 0 bridgehead atoms. The highest BCUT2D eigenvalue weighted by Crippen LogP contribution is 2.31. The summed E-state index contributed by atoms with van der Waals surface area (Å²) in [4.78, 5) is 36.5. The van der Waals surface area contributed by atoms with Crippen LogP contribution in [-0.4, -0.2) is 102 Å². The van der Waals surface area contributed by atoms with Crippen molar-refractivity contribution < 1.29 is 14.3 Å². The first-order chi connectivity index (χ1) is 68.8. The Bertz CT molecular complexity index is 6120. The Kier molecular flexibility index (Phi) is 47.2. The number of nitrogens with one attached hydrogen (secondary N) is 5. The molecule has 11 heterocycles. The molecule has 26 rings (SSSR count). The molecule has 0 radical (unpaired) electrons. The Balaban J connectivity index is 0.000000144. The van der Waals surface area contributed by atoms with Crippen molar-refractivity contribution in [1.29, 1.82) is 0 Å². The van der Waals surface area contributed by atoms with E-state index in [4.69, 9.17) is 9.52 Å². The molecule has 0 amide bonds. The Morgan fingerprint density at radius 3 is 1.43 bits per heavy atom. The van der Waals surface area contributed by atoms with Gasteiger partial charge >= 0.3 is 5.97 Å². The predicted molar refractivity (Wildman–Crippen MR) is 582 cm³/mol. The Morgan fingerprint density at radius 2 is 0.914 bits per heavy atom. The van der Waals surface area contributed by atoms with Gasteiger partial charge in [-0.3, -0.25) is 24.4 Å². The topological polar surface area (TPSA) is 243 Å². The minimum absolute atomic E-state index is 0. The maximum Gasteiger partial charge on any atom is 0.307 e. The average Bonchev–Trinajstić information content (AvgIpc) is 1.29. The van der Waals surface area contributed by atoms with Crippen molar-refractivity contribution in [3.8, 4) is 33.5 Å². The van der Waals surface area contributed by atoms with Crippen LogP contribution in [0.5, 0.6) is 0 Å². The molecule has 2 atom stereocenters. The number of para-hydroxylation sites is 6. The van der Waals surface area contributed by atoms with Gasteiger partial charge in [0, 0.05) is 84.0 Å². The average molecular weight is 1870 g/mol. The second-order valence-electron chi connectivity index (χ2n) is 32.5. The molecule has 1 saturated carbocycles. The van der Waals surface area contributed by atoms with Gasteiger partial charge in [0.2, 0.25) is 0 Å². The molecule has 3 fully saturated rings. The maximum absolute atomic E-state index is 10.5. The summed E-state index contributed by atoms with van der Waals surface area (Å²) in [6.45, 7) is 3.78. The minimum atomic E-state index is -0.799. The number of piperidine rings is 2. The third-order valence-electron chi connectivity index (χ3n) is 22.4. The van der Waals surface area contributed by atoms with Crippen molar-refractivity contribution >= 4 is 82.1 Å². The van der Waals surface area contributed by atoms with Crippen LogP contribution in [0.15, 0.2) is 479 Å². The number of aromatic nitrogens is 13. The number of aryl methyl sites for hydroxylation is 3. The standard InChI is InChI=1S/C14H12O2.C12H10.C10H8.C9H9N3.C9H17N.C9H11N.C9H7N.C8H7N.C8H6O.C7H5NS.C6H5N3.C6H6.C5H11N.C5H5N.C3H4N2.CH4/c15-14(16)10-11-6-8-13(9-7-11)12-4-2-1-3-5-12;1-3-7-11(8-4-1)12-9-5-2-6-10-12;1-2-6-10-8-4-3-7-9(10)5-1;1-12-7-9(10-11-12)8-5-3-2-4-6-8;3*1-2-6-9-8(4-1)5-3-7-10-9;2*1-2-4-8-7(3-1)5-6-9-8;1-2-4-7-6(3-1)8-5-9-7;1-2-4-6-5(3-1)7-9-8-6;3*1-2-4-6-5-3-1;1-2-5-3-4-1;/h1-9H,10H2,(H,15,16);1-10H;1-8H;2-7H,1H3;8-10H,1-7H2;3,5,7H,1-2,4,6H2;1-7H;1-6,9H;1-6H;1-5H;1-4H,(H,7,8,9);1-6H;6H,1-5H2;1-5H;1-3H,(H,4,5);1H4. The summed E-state index contributed by atoms with van der Waals surface area (Å²) in [7, 11) is 1.86. The SMILES string of the molecule is C.C1CCC2NCCCC2C1.C1CCNCC1.Cn1cc(-c2ccccc2)nn1.O=C(O)Cc1ccc(-c2ccccc2)cc1.c1c[nH]cn1.c1ccc(-c2ccccc2)cc1.c1ccc2[nH]ccc2c1.c1ccc2ccccc2c1.c1ccc2n[nH]nc2c1.c1ccc2ncccc2c1.c1ccc2occc2c1.c1ccc2scnc2c1.c1ccccc1.c1ccncc1.c1cnc2c(c1)CCCC2. The van der Waals surface area contributed by atoms with Crippen molar-refractivity contribution in [1.82, 2.24) is 75.9 Å². The molecule has 140 heavy (non-hydrogen) atoms. The molecule has 2 aliphatic carbocycles. The molecule has 4 aliphatic rings. The number of imidazole rings is 1. The van der Waals surface area contributed by atoms with E-state index in [2.05, 4.69) is 211 Å². The first-order valence-electron chi connectivity index (χ1n) is 47.6. The second-order valence-corrected chi connectivity index (χ2v) is 33.4. The summed E-state index contributed by atoms with van der Waals surface area (Å²) in [6, 6.07) is 136. The number of carboxylic acids is 1. The summed E-state index contributed by atoms with van der Waals surface area (Å²) in [5, 5.41) is 40.0. The number of furan rings is 1. The van der Waals surface area contributed by atoms with E-state index in [0.717, 1.165) is 72.9 Å². The van der Waals surface area contributed by atoms with Gasteiger partial charge in [-0.1, -0.05) is 359 Å². The van der Waals surface area contributed by atoms with E-state index in [9.17, 15) is 4.79 Å². The number of nitrogens with zero attached hydrogens (tertiary/aromatic N) is 10. The Morgan fingerprint density at radius 1 is 0.407 bits per heavy atom. The summed E-state index contributed by atoms with van der Waals surface area (Å²) in [5.74, 6) is 0.245. The lowest BCUT2D eigenvalue weighted by Gasteiger charge is -2.36. The summed E-state index contributed by atoms with van der Waals surface area (Å²) in [6.07, 6.45) is 36.0. The fourth-order valence-corrected chi connectivity index (χ4v) is 16.0. The zero-order valence-electron chi connectivity index (χ0n) is 78.9. The number of fused-ring (bicyclic) bond motifs is 8. The monoisotopic (exact) mass is 1870 g/mol. The molecule has 19 heteroatoms. The lowest BCUT2D eigenvalue weighted by Crippen LogP contribution is -2.42. The van der Waals surface area contributed by atoms with Gasteiger partial charge in [0.15, 0.2) is 0 Å². The lowest BCUT2D eigenvalue weighted by molar-refractivity contribution is -0.136. The Hall–Kier alpha value is -16.1. The smallest absolute Gasteiger partial charge is 0.307 e. The molecule has 710 valence electrons. The van der Waals surface area contributed by atoms with Crippen LogP contribution in [0.3, 0.4) is 0 Å². The van der Waals surface area contributed by atoms with E-state index in [1.165, 1.54) is 157 Å². The van der Waals surface area contributed by atoms with Gasteiger partial charge in [-0.25, -0.2) is 9.97 Å². The summed E-state index contributed by atoms with van der Waals surface area (Å²) >= 11 is 1.68. The van der Waals surface area contributed by atoms with E-state index in [1.54, 1.807) is 53.4 Å².